The molecule has 0 spiro atoms. The van der Waals surface area contributed by atoms with Crippen molar-refractivity contribution in [3.05, 3.63) is 0 Å². The minimum Gasteiger partial charge on any atom is -0.299 e. The van der Waals surface area contributed by atoms with Gasteiger partial charge in [0.05, 0.1) is 11.2 Å². The van der Waals surface area contributed by atoms with E-state index < -0.39 is 26.7 Å². The molecule has 102 valence electrons. The first-order valence-corrected chi connectivity index (χ1v) is 7.59. The van der Waals surface area contributed by atoms with E-state index in [1.54, 1.807) is 6.92 Å². The fourth-order valence-electron chi connectivity index (χ4n) is 2.38. The van der Waals surface area contributed by atoms with Crippen LogP contribution in [-0.2, 0) is 14.9 Å². The van der Waals surface area contributed by atoms with Crippen molar-refractivity contribution < 1.29 is 17.8 Å². The number of hydrogen-bond acceptors (Lipinski definition) is 3. The predicted octanol–water partition coefficient (Wildman–Crippen LogP) is 2.69. The van der Waals surface area contributed by atoms with Gasteiger partial charge >= 0.3 is 0 Å². The van der Waals surface area contributed by atoms with Crippen LogP contribution in [0, 0.1) is 10.8 Å². The maximum Gasteiger partial charge on any atom is 0.265 e. The first-order valence-electron chi connectivity index (χ1n) is 5.98. The molecule has 0 amide bonds. The second-order valence-corrected chi connectivity index (χ2v) is 7.04. The lowest BCUT2D eigenvalue weighted by atomic mass is 9.62. The molecule has 0 aliphatic heterocycles. The van der Waals surface area contributed by atoms with Crippen molar-refractivity contribution in [2.75, 3.05) is 5.75 Å². The molecule has 1 N–H and O–H groups in total. The van der Waals surface area contributed by atoms with E-state index in [1.807, 2.05) is 27.7 Å². The van der Waals surface area contributed by atoms with Crippen molar-refractivity contribution >= 4 is 15.9 Å². The van der Waals surface area contributed by atoms with Crippen molar-refractivity contribution in [3.8, 4) is 0 Å². The molecular formula is C12H24O4S. The van der Waals surface area contributed by atoms with Crippen LogP contribution in [-0.4, -0.2) is 24.5 Å². The first-order chi connectivity index (χ1) is 7.50. The van der Waals surface area contributed by atoms with E-state index in [0.29, 0.717) is 12.8 Å². The van der Waals surface area contributed by atoms with Crippen LogP contribution in [0.15, 0.2) is 0 Å². The molecule has 17 heavy (non-hydrogen) atoms. The zero-order chi connectivity index (χ0) is 13.9. The largest absolute Gasteiger partial charge is 0.299 e. The van der Waals surface area contributed by atoms with E-state index in [4.69, 9.17) is 4.55 Å². The van der Waals surface area contributed by atoms with Crippen LogP contribution in [0.1, 0.15) is 53.9 Å². The zero-order valence-corrected chi connectivity index (χ0v) is 12.2. The molecule has 0 rings (SSSR count). The normalized spacial score (nSPS) is 16.6. The van der Waals surface area contributed by atoms with Crippen LogP contribution in [0.3, 0.4) is 0 Å². The van der Waals surface area contributed by atoms with E-state index in [-0.39, 0.29) is 12.2 Å². The number of ketones is 1. The Hall–Kier alpha value is -0.420. The summed E-state index contributed by atoms with van der Waals surface area (Å²) >= 11 is 0. The molecule has 0 heterocycles. The van der Waals surface area contributed by atoms with Crippen LogP contribution >= 0.6 is 0 Å². The highest BCUT2D eigenvalue weighted by Crippen LogP contribution is 2.45. The van der Waals surface area contributed by atoms with Crippen LogP contribution in [0.5, 0.6) is 0 Å². The van der Waals surface area contributed by atoms with Gasteiger partial charge in [0.2, 0.25) is 0 Å². The number of carbonyl (C=O) groups excluding carboxylic acids is 1. The third-order valence-electron chi connectivity index (χ3n) is 3.40. The Morgan fingerprint density at radius 3 is 1.88 bits per heavy atom. The number of rotatable bonds is 6. The van der Waals surface area contributed by atoms with Crippen molar-refractivity contribution in [3.63, 3.8) is 0 Å². The van der Waals surface area contributed by atoms with Gasteiger partial charge < -0.3 is 0 Å². The number of hydrogen-bond donors (Lipinski definition) is 1. The van der Waals surface area contributed by atoms with E-state index in [1.165, 1.54) is 0 Å². The van der Waals surface area contributed by atoms with Crippen molar-refractivity contribution in [1.82, 2.24) is 0 Å². The first kappa shape index (κ1) is 16.6. The summed E-state index contributed by atoms with van der Waals surface area (Å²) in [6.07, 6.45) is 1.47. The summed E-state index contributed by atoms with van der Waals surface area (Å²) in [6.45, 7) is 9.18. The third-order valence-corrected chi connectivity index (χ3v) is 4.25. The molecule has 5 heteroatoms. The van der Waals surface area contributed by atoms with Gasteiger partial charge in [-0.15, -0.1) is 0 Å². The summed E-state index contributed by atoms with van der Waals surface area (Å²) in [6, 6.07) is 0. The molecular weight excluding hydrogens is 240 g/mol. The molecule has 0 radical (unpaired) electrons. The summed E-state index contributed by atoms with van der Waals surface area (Å²) in [5, 5.41) is 0. The van der Waals surface area contributed by atoms with Gasteiger partial charge in [0, 0.05) is 6.42 Å². The second-order valence-electron chi connectivity index (χ2n) is 5.59. The molecule has 0 bridgehead atoms. The summed E-state index contributed by atoms with van der Waals surface area (Å²) in [7, 11) is -4.16. The quantitative estimate of drug-likeness (QED) is 0.749. The molecule has 1 unspecified atom stereocenters. The highest BCUT2D eigenvalue weighted by Gasteiger charge is 2.48. The SMILES string of the molecule is CCCC(CS(=O)(=O)O)(C(=O)CC)C(C)(C)C. The average molecular weight is 264 g/mol. The molecule has 4 nitrogen and oxygen atoms in total. The van der Waals surface area contributed by atoms with E-state index in [2.05, 4.69) is 0 Å². The fraction of sp³-hybridized carbons (Fsp3) is 0.917. The van der Waals surface area contributed by atoms with Gasteiger partial charge in [-0.2, -0.15) is 8.42 Å². The van der Waals surface area contributed by atoms with Gasteiger partial charge in [0.15, 0.2) is 0 Å². The van der Waals surface area contributed by atoms with Crippen molar-refractivity contribution in [1.29, 1.82) is 0 Å². The second kappa shape index (κ2) is 5.48. The van der Waals surface area contributed by atoms with E-state index in [0.717, 1.165) is 0 Å². The highest BCUT2D eigenvalue weighted by atomic mass is 32.2. The van der Waals surface area contributed by atoms with Gasteiger partial charge in [0.1, 0.15) is 5.78 Å². The minimum absolute atomic E-state index is 0.0931. The number of Topliss-reactive ketones (excluding diaryl/α,β-unsaturated/α-hetero) is 1. The topological polar surface area (TPSA) is 71.4 Å². The lowest BCUT2D eigenvalue weighted by Crippen LogP contribution is -2.47. The Morgan fingerprint density at radius 2 is 1.65 bits per heavy atom. The molecule has 0 aromatic heterocycles. The monoisotopic (exact) mass is 264 g/mol. The van der Waals surface area contributed by atoms with Crippen LogP contribution in [0.4, 0.5) is 0 Å². The fourth-order valence-corrected chi connectivity index (χ4v) is 3.74. The summed E-state index contributed by atoms with van der Waals surface area (Å²) in [5.74, 6) is -0.575. The maximum atomic E-state index is 12.2. The van der Waals surface area contributed by atoms with Crippen molar-refractivity contribution in [2.24, 2.45) is 10.8 Å². The number of carbonyl (C=O) groups is 1. The molecule has 0 aliphatic rings. The maximum absolute atomic E-state index is 12.2. The molecule has 0 aliphatic carbocycles. The van der Waals surface area contributed by atoms with Crippen LogP contribution < -0.4 is 0 Å². The lowest BCUT2D eigenvalue weighted by molar-refractivity contribution is -0.133. The van der Waals surface area contributed by atoms with Crippen LogP contribution in [0.25, 0.3) is 0 Å². The Bertz CT molecular complexity index is 364. The third kappa shape index (κ3) is 4.07. The summed E-state index contributed by atoms with van der Waals surface area (Å²) in [5.41, 5.74) is -1.49. The van der Waals surface area contributed by atoms with Gasteiger partial charge in [-0.1, -0.05) is 41.0 Å². The van der Waals surface area contributed by atoms with E-state index >= 15 is 0 Å². The Kier molecular flexibility index (Phi) is 5.35. The van der Waals surface area contributed by atoms with Gasteiger partial charge in [0.25, 0.3) is 10.1 Å². The molecule has 0 saturated heterocycles. The molecule has 1 atom stereocenters. The molecule has 0 aromatic carbocycles. The standard InChI is InChI=1S/C12H24O4S/c1-6-8-12(10(13)7-2,11(3,4)5)9-17(14,15)16/h6-9H2,1-5H3,(H,14,15,16). The average Bonchev–Trinajstić information content (AvgIpc) is 2.11. The summed E-state index contributed by atoms with van der Waals surface area (Å²) in [4.78, 5) is 12.2. The molecule has 0 aromatic rings. The Labute approximate surface area is 105 Å². The van der Waals surface area contributed by atoms with Gasteiger partial charge in [-0.25, -0.2) is 0 Å². The van der Waals surface area contributed by atoms with Gasteiger partial charge in [-0.3, -0.25) is 9.35 Å². The smallest absolute Gasteiger partial charge is 0.265 e. The van der Waals surface area contributed by atoms with Gasteiger partial charge in [-0.05, 0) is 11.8 Å². The highest BCUT2D eigenvalue weighted by molar-refractivity contribution is 7.85. The Morgan fingerprint density at radius 1 is 1.18 bits per heavy atom. The summed E-state index contributed by atoms with van der Waals surface area (Å²) < 4.78 is 31.5. The minimum atomic E-state index is -4.16. The zero-order valence-electron chi connectivity index (χ0n) is 11.4. The predicted molar refractivity (Wildman–Crippen MR) is 68.5 cm³/mol. The Balaban J connectivity index is 5.66. The van der Waals surface area contributed by atoms with E-state index in [9.17, 15) is 13.2 Å². The molecule has 0 fully saturated rings. The van der Waals surface area contributed by atoms with Crippen molar-refractivity contribution in [2.45, 2.75) is 53.9 Å². The lowest BCUT2D eigenvalue weighted by Gasteiger charge is -2.42. The molecule has 0 saturated carbocycles. The van der Waals surface area contributed by atoms with Crippen LogP contribution in [0.2, 0.25) is 0 Å².